The molecule has 1 saturated carbocycles. The topological polar surface area (TPSA) is 86.9 Å². The van der Waals surface area contributed by atoms with E-state index >= 15 is 0 Å². The molecule has 126 valence electrons. The van der Waals surface area contributed by atoms with Crippen LogP contribution in [0.5, 0.6) is 0 Å². The molecule has 2 aromatic heterocycles. The number of aromatic amines is 1. The lowest BCUT2D eigenvalue weighted by Gasteiger charge is -2.16. The molecule has 0 atom stereocenters. The van der Waals surface area contributed by atoms with Crippen LogP contribution in [0.4, 0.5) is 0 Å². The minimum Gasteiger partial charge on any atom is -0.345 e. The first-order valence-corrected chi connectivity index (χ1v) is 9.80. The van der Waals surface area contributed by atoms with Crippen molar-refractivity contribution in [1.82, 2.24) is 20.0 Å². The number of rotatable bonds is 6. The highest BCUT2D eigenvalue weighted by Gasteiger charge is 2.19. The molecule has 2 aromatic rings. The molecule has 0 bridgehead atoms. The van der Waals surface area contributed by atoms with Crippen molar-refractivity contribution in [1.29, 1.82) is 0 Å². The molecule has 0 unspecified atom stereocenters. The van der Waals surface area contributed by atoms with Gasteiger partial charge >= 0.3 is 0 Å². The van der Waals surface area contributed by atoms with Gasteiger partial charge in [-0.3, -0.25) is 0 Å². The van der Waals surface area contributed by atoms with Crippen molar-refractivity contribution in [3.05, 3.63) is 24.5 Å². The van der Waals surface area contributed by atoms with Gasteiger partial charge in [0, 0.05) is 36.9 Å². The van der Waals surface area contributed by atoms with Crippen molar-refractivity contribution in [2.75, 3.05) is 13.1 Å². The summed E-state index contributed by atoms with van der Waals surface area (Å²) >= 11 is 0. The summed E-state index contributed by atoms with van der Waals surface area (Å²) in [7, 11) is -3.51. The third-order valence-corrected chi connectivity index (χ3v) is 5.91. The maximum Gasteiger partial charge on any atom is 0.242 e. The zero-order valence-electron chi connectivity index (χ0n) is 13.2. The molecule has 0 saturated heterocycles. The molecule has 7 heteroatoms. The minimum atomic E-state index is -3.51. The first kappa shape index (κ1) is 16.4. The van der Waals surface area contributed by atoms with Gasteiger partial charge in [-0.2, -0.15) is 0 Å². The van der Waals surface area contributed by atoms with Gasteiger partial charge in [0.05, 0.1) is 0 Å². The average Bonchev–Trinajstić information content (AvgIpc) is 2.82. The highest BCUT2D eigenvalue weighted by molar-refractivity contribution is 7.89. The Hall–Kier alpha value is -1.44. The standard InChI is InChI=1S/C16H24N4O2S/c21-23(22,15-12-19-16-14(15)8-5-9-18-16)20-11-10-17-13-6-3-1-2-4-7-13/h5,8-9,12-13,17,20H,1-4,6-7,10-11H2,(H,18,19). The molecule has 1 aliphatic carbocycles. The van der Waals surface area contributed by atoms with Crippen molar-refractivity contribution < 1.29 is 8.42 Å². The predicted octanol–water partition coefficient (Wildman–Crippen LogP) is 2.15. The number of aromatic nitrogens is 2. The van der Waals surface area contributed by atoms with E-state index in [1.54, 1.807) is 18.3 Å². The van der Waals surface area contributed by atoms with Crippen LogP contribution in [0.25, 0.3) is 11.0 Å². The molecule has 3 rings (SSSR count). The van der Waals surface area contributed by atoms with Crippen LogP contribution in [0.15, 0.2) is 29.4 Å². The Morgan fingerprint density at radius 3 is 2.74 bits per heavy atom. The fraction of sp³-hybridized carbons (Fsp3) is 0.562. The number of H-pyrrole nitrogens is 1. The lowest BCUT2D eigenvalue weighted by atomic mass is 10.1. The van der Waals surface area contributed by atoms with Crippen LogP contribution in [-0.4, -0.2) is 37.5 Å². The monoisotopic (exact) mass is 336 g/mol. The molecule has 6 nitrogen and oxygen atoms in total. The number of fused-ring (bicyclic) bond motifs is 1. The van der Waals surface area contributed by atoms with E-state index in [1.807, 2.05) is 0 Å². The Labute approximate surface area is 137 Å². The average molecular weight is 336 g/mol. The molecule has 0 aromatic carbocycles. The van der Waals surface area contributed by atoms with Crippen LogP contribution < -0.4 is 10.0 Å². The number of hydrogen-bond donors (Lipinski definition) is 3. The van der Waals surface area contributed by atoms with E-state index in [0.717, 1.165) is 0 Å². The third-order valence-electron chi connectivity index (χ3n) is 4.41. The van der Waals surface area contributed by atoms with Crippen LogP contribution in [-0.2, 0) is 10.0 Å². The van der Waals surface area contributed by atoms with Gasteiger partial charge in [-0.15, -0.1) is 0 Å². The second-order valence-electron chi connectivity index (χ2n) is 6.09. The maximum absolute atomic E-state index is 12.4. The molecule has 1 aliphatic rings. The van der Waals surface area contributed by atoms with Crippen molar-refractivity contribution in [2.45, 2.75) is 49.5 Å². The fourth-order valence-corrected chi connectivity index (χ4v) is 4.37. The Kier molecular flexibility index (Phi) is 5.30. The van der Waals surface area contributed by atoms with Crippen LogP contribution in [0, 0.1) is 0 Å². The highest BCUT2D eigenvalue weighted by atomic mass is 32.2. The van der Waals surface area contributed by atoms with Gasteiger partial charge in [-0.05, 0) is 25.0 Å². The summed E-state index contributed by atoms with van der Waals surface area (Å²) in [5.41, 5.74) is 0.587. The Morgan fingerprint density at radius 2 is 1.96 bits per heavy atom. The second-order valence-corrected chi connectivity index (χ2v) is 7.83. The van der Waals surface area contributed by atoms with E-state index in [9.17, 15) is 8.42 Å². The summed E-state index contributed by atoms with van der Waals surface area (Å²) in [4.78, 5) is 7.28. The van der Waals surface area contributed by atoms with Gasteiger partial charge in [-0.25, -0.2) is 18.1 Å². The molecule has 23 heavy (non-hydrogen) atoms. The van der Waals surface area contributed by atoms with Crippen LogP contribution >= 0.6 is 0 Å². The quantitative estimate of drug-likeness (QED) is 0.557. The molecular weight excluding hydrogens is 312 g/mol. The minimum absolute atomic E-state index is 0.259. The van der Waals surface area contributed by atoms with E-state index in [4.69, 9.17) is 0 Å². The first-order chi connectivity index (χ1) is 11.2. The summed E-state index contributed by atoms with van der Waals surface area (Å²) in [6.07, 6.45) is 10.7. The summed E-state index contributed by atoms with van der Waals surface area (Å²) in [5.74, 6) is 0. The fourth-order valence-electron chi connectivity index (χ4n) is 3.18. The second kappa shape index (κ2) is 7.42. The van der Waals surface area contributed by atoms with Crippen LogP contribution in [0.3, 0.4) is 0 Å². The van der Waals surface area contributed by atoms with E-state index in [-0.39, 0.29) is 4.90 Å². The van der Waals surface area contributed by atoms with Gasteiger partial charge in [0.1, 0.15) is 10.5 Å². The van der Waals surface area contributed by atoms with E-state index in [2.05, 4.69) is 20.0 Å². The summed E-state index contributed by atoms with van der Waals surface area (Å²) < 4.78 is 27.5. The van der Waals surface area contributed by atoms with Crippen molar-refractivity contribution in [3.8, 4) is 0 Å². The normalized spacial score (nSPS) is 17.4. The summed E-state index contributed by atoms with van der Waals surface area (Å²) in [5, 5.41) is 4.09. The SMILES string of the molecule is O=S(=O)(NCCNC1CCCCCC1)c1c[nH]c2ncccc12. The van der Waals surface area contributed by atoms with E-state index < -0.39 is 10.0 Å². The van der Waals surface area contributed by atoms with Gasteiger partial charge in [0.2, 0.25) is 10.0 Å². The van der Waals surface area contributed by atoms with E-state index in [1.165, 1.54) is 44.7 Å². The lowest BCUT2D eigenvalue weighted by Crippen LogP contribution is -2.36. The molecule has 0 spiro atoms. The number of pyridine rings is 1. The molecule has 0 radical (unpaired) electrons. The zero-order chi connectivity index (χ0) is 16.1. The van der Waals surface area contributed by atoms with Crippen molar-refractivity contribution >= 4 is 21.1 Å². The van der Waals surface area contributed by atoms with E-state index in [0.29, 0.717) is 30.2 Å². The van der Waals surface area contributed by atoms with Gasteiger partial charge < -0.3 is 10.3 Å². The Morgan fingerprint density at radius 1 is 1.17 bits per heavy atom. The zero-order valence-corrected chi connectivity index (χ0v) is 14.0. The predicted molar refractivity (Wildman–Crippen MR) is 90.8 cm³/mol. The largest absolute Gasteiger partial charge is 0.345 e. The maximum atomic E-state index is 12.4. The van der Waals surface area contributed by atoms with Crippen LogP contribution in [0.1, 0.15) is 38.5 Å². The Bertz CT molecular complexity index is 733. The Balaban J connectivity index is 1.54. The molecule has 0 amide bonds. The molecule has 2 heterocycles. The van der Waals surface area contributed by atoms with Gasteiger partial charge in [-0.1, -0.05) is 25.7 Å². The first-order valence-electron chi connectivity index (χ1n) is 8.32. The molecular formula is C16H24N4O2S. The summed E-state index contributed by atoms with van der Waals surface area (Å²) in [6.45, 7) is 1.05. The van der Waals surface area contributed by atoms with Crippen molar-refractivity contribution in [3.63, 3.8) is 0 Å². The molecule has 0 aliphatic heterocycles. The number of nitrogens with zero attached hydrogens (tertiary/aromatic N) is 1. The molecule has 1 fully saturated rings. The number of nitrogens with one attached hydrogen (secondary N) is 3. The highest BCUT2D eigenvalue weighted by Crippen LogP contribution is 2.20. The van der Waals surface area contributed by atoms with Crippen LogP contribution in [0.2, 0.25) is 0 Å². The molecule has 3 N–H and O–H groups in total. The number of sulfonamides is 1. The van der Waals surface area contributed by atoms with Crippen molar-refractivity contribution in [2.24, 2.45) is 0 Å². The smallest absolute Gasteiger partial charge is 0.242 e. The lowest BCUT2D eigenvalue weighted by molar-refractivity contribution is 0.461. The van der Waals surface area contributed by atoms with Gasteiger partial charge in [0.25, 0.3) is 0 Å². The third kappa shape index (κ3) is 4.10. The summed E-state index contributed by atoms with van der Waals surface area (Å²) in [6, 6.07) is 4.03. The van der Waals surface area contributed by atoms with Gasteiger partial charge in [0.15, 0.2) is 0 Å². The number of hydrogen-bond acceptors (Lipinski definition) is 4.